The number of imidazole rings is 1. The molecule has 7 rings (SSSR count). The van der Waals surface area contributed by atoms with Crippen LogP contribution in [0.4, 0.5) is 0 Å². The number of amides is 1. The third-order valence-electron chi connectivity index (χ3n) is 7.39. The maximum atomic E-state index is 12.4. The number of H-pyrrole nitrogens is 1. The number of carbonyl (C=O) groups excluding carboxylic acids is 1. The van der Waals surface area contributed by atoms with Gasteiger partial charge in [0.05, 0.1) is 0 Å². The number of rotatable bonds is 8. The number of aromatic amines is 1. The molecule has 0 aliphatic heterocycles. The van der Waals surface area contributed by atoms with Crippen LogP contribution in [0.25, 0.3) is 50.8 Å². The first kappa shape index (κ1) is 27.9. The van der Waals surface area contributed by atoms with Crippen molar-refractivity contribution in [2.75, 3.05) is 7.05 Å². The Morgan fingerprint density at radius 1 is 0.911 bits per heavy atom. The van der Waals surface area contributed by atoms with Gasteiger partial charge in [0.15, 0.2) is 11.5 Å². The van der Waals surface area contributed by atoms with Gasteiger partial charge < -0.3 is 10.1 Å². The van der Waals surface area contributed by atoms with E-state index in [2.05, 4.69) is 25.9 Å². The molecule has 0 bridgehead atoms. The van der Waals surface area contributed by atoms with Crippen LogP contribution in [0.2, 0.25) is 5.02 Å². The Labute approximate surface area is 262 Å². The normalized spacial score (nSPS) is 11.1. The number of hydrogen-bond donors (Lipinski definition) is 2. The number of benzene rings is 4. The Bertz CT molecular complexity index is 2110. The molecule has 4 aromatic carbocycles. The van der Waals surface area contributed by atoms with E-state index < -0.39 is 0 Å². The van der Waals surface area contributed by atoms with E-state index in [1.54, 1.807) is 19.3 Å². The van der Waals surface area contributed by atoms with Crippen LogP contribution >= 0.6 is 11.6 Å². The maximum Gasteiger partial charge on any atom is 0.251 e. The van der Waals surface area contributed by atoms with Crippen molar-refractivity contribution < 1.29 is 9.53 Å². The monoisotopic (exact) mass is 612 g/mol. The van der Waals surface area contributed by atoms with Crippen LogP contribution in [0.3, 0.4) is 0 Å². The summed E-state index contributed by atoms with van der Waals surface area (Å²) in [5.74, 6) is 1.75. The quantitative estimate of drug-likeness (QED) is 0.200. The predicted octanol–water partition coefficient (Wildman–Crippen LogP) is 6.53. The fraction of sp³-hybridized carbons (Fsp3) is 0.0588. The number of nitrogens with one attached hydrogen (secondary N) is 2. The zero-order chi connectivity index (χ0) is 30.8. The minimum atomic E-state index is -0.163. The first-order valence-corrected chi connectivity index (χ1v) is 14.5. The molecule has 0 aliphatic carbocycles. The second-order valence-electron chi connectivity index (χ2n) is 10.2. The zero-order valence-corrected chi connectivity index (χ0v) is 24.7. The molecule has 0 aliphatic rings. The highest BCUT2D eigenvalue weighted by atomic mass is 35.5. The Balaban J connectivity index is 1.21. The molecule has 0 spiro atoms. The Kier molecular flexibility index (Phi) is 7.46. The van der Waals surface area contributed by atoms with Crippen LogP contribution in [0.1, 0.15) is 15.9 Å². The number of fused-ring (bicyclic) bond motifs is 1. The number of halogens is 1. The van der Waals surface area contributed by atoms with Gasteiger partial charge in [-0.15, -0.1) is 5.10 Å². The van der Waals surface area contributed by atoms with E-state index in [1.807, 2.05) is 102 Å². The highest BCUT2D eigenvalue weighted by Gasteiger charge is 2.18. The van der Waals surface area contributed by atoms with Gasteiger partial charge in [-0.05, 0) is 93.8 Å². The van der Waals surface area contributed by atoms with Crippen molar-refractivity contribution in [2.24, 2.45) is 0 Å². The third kappa shape index (κ3) is 5.62. The lowest BCUT2D eigenvalue weighted by molar-refractivity contribution is 0.0963. The lowest BCUT2D eigenvalue weighted by Crippen LogP contribution is -2.18. The third-order valence-corrected chi connectivity index (χ3v) is 7.64. The van der Waals surface area contributed by atoms with Gasteiger partial charge in [-0.2, -0.15) is 0 Å². The van der Waals surface area contributed by atoms with Gasteiger partial charge in [0.25, 0.3) is 5.91 Å². The minimum absolute atomic E-state index is 0.163. The predicted molar refractivity (Wildman–Crippen MR) is 172 cm³/mol. The molecule has 1 amide bonds. The Hall–Kier alpha value is -5.87. The van der Waals surface area contributed by atoms with Gasteiger partial charge in [0.1, 0.15) is 23.7 Å². The van der Waals surface area contributed by atoms with Crippen LogP contribution in [0.15, 0.2) is 109 Å². The maximum absolute atomic E-state index is 12.4. The molecule has 45 heavy (non-hydrogen) atoms. The van der Waals surface area contributed by atoms with E-state index in [9.17, 15) is 4.79 Å². The van der Waals surface area contributed by atoms with E-state index in [0.717, 1.165) is 39.3 Å². The van der Waals surface area contributed by atoms with Gasteiger partial charge >= 0.3 is 0 Å². The number of tetrazole rings is 1. The number of nitrogens with zero attached hydrogens (tertiary/aromatic N) is 6. The lowest BCUT2D eigenvalue weighted by Gasteiger charge is -2.14. The van der Waals surface area contributed by atoms with E-state index >= 15 is 0 Å². The summed E-state index contributed by atoms with van der Waals surface area (Å²) in [5.41, 5.74) is 7.33. The molecular formula is C34H25ClN8O2. The summed E-state index contributed by atoms with van der Waals surface area (Å²) in [6.45, 7) is 0.258. The summed E-state index contributed by atoms with van der Waals surface area (Å²) in [5, 5.41) is 17.5. The molecule has 0 fully saturated rings. The molecule has 7 aromatic rings. The Morgan fingerprint density at radius 2 is 1.69 bits per heavy atom. The summed E-state index contributed by atoms with van der Waals surface area (Å²) in [6, 6.07) is 32.8. The minimum Gasteiger partial charge on any atom is -0.489 e. The summed E-state index contributed by atoms with van der Waals surface area (Å²) in [7, 11) is 1.61. The first-order chi connectivity index (χ1) is 22.1. The molecule has 10 nitrogen and oxygen atoms in total. The van der Waals surface area contributed by atoms with Crippen LogP contribution in [0, 0.1) is 0 Å². The van der Waals surface area contributed by atoms with Crippen molar-refractivity contribution in [3.05, 3.63) is 125 Å². The smallest absolute Gasteiger partial charge is 0.251 e. The molecule has 3 heterocycles. The van der Waals surface area contributed by atoms with Crippen molar-refractivity contribution in [1.29, 1.82) is 0 Å². The largest absolute Gasteiger partial charge is 0.489 e. The average Bonchev–Trinajstić information content (AvgIpc) is 3.77. The number of hydrogen-bond acceptors (Lipinski definition) is 7. The average molecular weight is 613 g/mol. The molecule has 0 unspecified atom stereocenters. The van der Waals surface area contributed by atoms with Crippen molar-refractivity contribution in [3.63, 3.8) is 0 Å². The fourth-order valence-corrected chi connectivity index (χ4v) is 5.29. The van der Waals surface area contributed by atoms with E-state index in [4.69, 9.17) is 26.3 Å². The van der Waals surface area contributed by atoms with Crippen LogP contribution in [-0.2, 0) is 6.61 Å². The summed E-state index contributed by atoms with van der Waals surface area (Å²) >= 11 is 6.12. The van der Waals surface area contributed by atoms with Gasteiger partial charge in [-0.25, -0.2) is 15.1 Å². The van der Waals surface area contributed by atoms with Crippen LogP contribution in [-0.4, -0.2) is 48.1 Å². The standard InChI is InChI=1S/C34H25ClN8O2/c1-36-34(44)23-11-16-29(21-7-12-26(35)13-8-21)25(17-23)20-45-28-14-9-22(10-15-28)32-38-30-18-24(31-39-41-42-40-31)19-37-33(30)43(32)27-5-3-2-4-6-27/h2-19H,20H2,1H3,(H,36,44)(H,39,40,41,42). The fourth-order valence-electron chi connectivity index (χ4n) is 5.16. The van der Waals surface area contributed by atoms with Crippen LogP contribution in [0.5, 0.6) is 5.75 Å². The van der Waals surface area contributed by atoms with Crippen molar-refractivity contribution in [2.45, 2.75) is 6.61 Å². The number of para-hydroxylation sites is 1. The SMILES string of the molecule is CNC(=O)c1ccc(-c2ccc(Cl)cc2)c(COc2ccc(-c3nc4cc(-c5nnn[nH]5)cnc4n3-c3ccccc3)cc2)c1. The molecule has 0 atom stereocenters. The molecular weight excluding hydrogens is 588 g/mol. The number of aromatic nitrogens is 7. The highest BCUT2D eigenvalue weighted by molar-refractivity contribution is 6.30. The zero-order valence-electron chi connectivity index (χ0n) is 24.0. The van der Waals surface area contributed by atoms with Gasteiger partial charge in [0.2, 0.25) is 0 Å². The molecule has 0 saturated carbocycles. The number of pyridine rings is 1. The van der Waals surface area contributed by atoms with Crippen molar-refractivity contribution >= 4 is 28.7 Å². The number of carbonyl (C=O) groups is 1. The topological polar surface area (TPSA) is 124 Å². The second-order valence-corrected chi connectivity index (χ2v) is 10.6. The van der Waals surface area contributed by atoms with E-state index in [-0.39, 0.29) is 12.5 Å². The van der Waals surface area contributed by atoms with E-state index in [0.29, 0.717) is 33.3 Å². The summed E-state index contributed by atoms with van der Waals surface area (Å²) in [4.78, 5) is 22.1. The van der Waals surface area contributed by atoms with Gasteiger partial charge in [-0.1, -0.05) is 48.0 Å². The molecule has 3 aromatic heterocycles. The van der Waals surface area contributed by atoms with Crippen LogP contribution < -0.4 is 10.1 Å². The van der Waals surface area contributed by atoms with E-state index in [1.165, 1.54) is 0 Å². The summed E-state index contributed by atoms with van der Waals surface area (Å²) < 4.78 is 8.27. The molecule has 11 heteroatoms. The van der Waals surface area contributed by atoms with Gasteiger partial charge in [-0.3, -0.25) is 9.36 Å². The Morgan fingerprint density at radius 3 is 2.42 bits per heavy atom. The van der Waals surface area contributed by atoms with Crippen molar-refractivity contribution in [1.82, 2.24) is 40.5 Å². The summed E-state index contributed by atoms with van der Waals surface area (Å²) in [6.07, 6.45) is 1.73. The number of ether oxygens (including phenoxy) is 1. The molecule has 2 N–H and O–H groups in total. The van der Waals surface area contributed by atoms with Crippen molar-refractivity contribution in [3.8, 4) is 45.3 Å². The highest BCUT2D eigenvalue weighted by Crippen LogP contribution is 2.31. The molecule has 0 radical (unpaired) electrons. The second kappa shape index (κ2) is 12.0. The molecule has 0 saturated heterocycles. The first-order valence-electron chi connectivity index (χ1n) is 14.1. The van der Waals surface area contributed by atoms with Gasteiger partial charge in [0, 0.05) is 40.6 Å². The lowest BCUT2D eigenvalue weighted by atomic mass is 9.97. The molecule has 220 valence electrons.